The zero-order chi connectivity index (χ0) is 24.9. The first-order valence-electron chi connectivity index (χ1n) is 10.4. The topological polar surface area (TPSA) is 80.3 Å². The van der Waals surface area contributed by atoms with Crippen LogP contribution in [0.2, 0.25) is 0 Å². The molecule has 0 aliphatic heterocycles. The van der Waals surface area contributed by atoms with Crippen molar-refractivity contribution in [3.8, 4) is 11.1 Å². The number of aromatic nitrogens is 1. The molecule has 2 amide bonds. The molecule has 1 atom stereocenters. The molecule has 6 nitrogen and oxygen atoms in total. The van der Waals surface area contributed by atoms with Gasteiger partial charge in [0.15, 0.2) is 0 Å². The Kier molecular flexibility index (Phi) is 7.24. The van der Waals surface area contributed by atoms with Gasteiger partial charge in [-0.25, -0.2) is 4.79 Å². The van der Waals surface area contributed by atoms with Crippen molar-refractivity contribution >= 4 is 17.7 Å². The van der Waals surface area contributed by atoms with Gasteiger partial charge in [0, 0.05) is 18.1 Å². The first-order valence-corrected chi connectivity index (χ1v) is 10.4. The van der Waals surface area contributed by atoms with Crippen molar-refractivity contribution in [2.45, 2.75) is 38.6 Å². The molecule has 0 spiro atoms. The van der Waals surface area contributed by atoms with Gasteiger partial charge in [-0.1, -0.05) is 30.3 Å². The number of hydrogen-bond donors (Lipinski definition) is 2. The molecule has 0 unspecified atom stereocenters. The summed E-state index contributed by atoms with van der Waals surface area (Å²) >= 11 is 0. The number of alkyl halides is 3. The summed E-state index contributed by atoms with van der Waals surface area (Å²) in [5.41, 5.74) is -0.200. The lowest BCUT2D eigenvalue weighted by Gasteiger charge is -2.25. The molecule has 34 heavy (non-hydrogen) atoms. The summed E-state index contributed by atoms with van der Waals surface area (Å²) in [5, 5.41) is 4.86. The molecule has 1 heterocycles. The Morgan fingerprint density at radius 3 is 2.06 bits per heavy atom. The summed E-state index contributed by atoms with van der Waals surface area (Å²) in [6.07, 6.45) is -2.44. The number of halogens is 3. The summed E-state index contributed by atoms with van der Waals surface area (Å²) in [5.74, 6) is -0.848. The monoisotopic (exact) mass is 471 g/mol. The van der Waals surface area contributed by atoms with Crippen LogP contribution in [0.1, 0.15) is 37.9 Å². The Bertz CT molecular complexity index is 1140. The number of amides is 2. The predicted molar refractivity (Wildman–Crippen MR) is 122 cm³/mol. The number of hydrogen-bond acceptors (Lipinski definition) is 4. The summed E-state index contributed by atoms with van der Waals surface area (Å²) in [7, 11) is 0. The first kappa shape index (κ1) is 24.8. The highest BCUT2D eigenvalue weighted by molar-refractivity contribution is 5.97. The number of nitrogens with zero attached hydrogens (tertiary/aromatic N) is 1. The second kappa shape index (κ2) is 9.94. The van der Waals surface area contributed by atoms with Gasteiger partial charge in [-0.05, 0) is 67.8 Å². The average molecular weight is 471 g/mol. The van der Waals surface area contributed by atoms with Gasteiger partial charge in [-0.15, -0.1) is 0 Å². The lowest BCUT2D eigenvalue weighted by Crippen LogP contribution is -2.41. The van der Waals surface area contributed by atoms with E-state index in [2.05, 4.69) is 15.6 Å². The quantitative estimate of drug-likeness (QED) is 0.480. The van der Waals surface area contributed by atoms with Gasteiger partial charge in [-0.2, -0.15) is 13.2 Å². The minimum atomic E-state index is -4.73. The Morgan fingerprint density at radius 1 is 0.882 bits per heavy atom. The number of pyridine rings is 1. The van der Waals surface area contributed by atoms with Gasteiger partial charge in [0.25, 0.3) is 5.91 Å². The maximum Gasteiger partial charge on any atom is 0.416 e. The molecule has 0 bridgehead atoms. The van der Waals surface area contributed by atoms with E-state index in [1.54, 1.807) is 57.4 Å². The van der Waals surface area contributed by atoms with E-state index in [0.717, 1.165) is 23.3 Å². The average Bonchev–Trinajstić information content (AvgIpc) is 2.77. The fourth-order valence-electron chi connectivity index (χ4n) is 3.22. The molecular formula is C25H24F3N3O3. The van der Waals surface area contributed by atoms with Gasteiger partial charge in [0.05, 0.1) is 5.56 Å². The van der Waals surface area contributed by atoms with Crippen LogP contribution < -0.4 is 10.6 Å². The van der Waals surface area contributed by atoms with Crippen LogP contribution in [0.15, 0.2) is 73.1 Å². The molecule has 1 aromatic heterocycles. The van der Waals surface area contributed by atoms with E-state index in [1.807, 2.05) is 12.1 Å². The number of carbonyl (C=O) groups is 2. The van der Waals surface area contributed by atoms with Crippen LogP contribution in [0.25, 0.3) is 11.1 Å². The summed E-state index contributed by atoms with van der Waals surface area (Å²) < 4.78 is 46.1. The normalized spacial score (nSPS) is 12.5. The van der Waals surface area contributed by atoms with Gasteiger partial charge in [-0.3, -0.25) is 9.78 Å². The third kappa shape index (κ3) is 6.57. The molecule has 2 N–H and O–H groups in total. The molecule has 0 aliphatic rings. The minimum Gasteiger partial charge on any atom is -0.444 e. The van der Waals surface area contributed by atoms with E-state index in [4.69, 9.17) is 4.74 Å². The van der Waals surface area contributed by atoms with Crippen LogP contribution in [0.3, 0.4) is 0 Å². The van der Waals surface area contributed by atoms with Gasteiger partial charge in [0.1, 0.15) is 11.6 Å². The standard InChI is InChI=1S/C25H24F3N3O3/c1-24(2,3)34-23(33)31-21(19-6-4-5-7-20(19)25(26,27)28)22(32)30-18-10-8-16(9-11-18)17-12-14-29-15-13-17/h4-15,21H,1-3H3,(H,30,32)(H,31,33)/t21-/m0/s1. The maximum atomic E-state index is 13.6. The number of carbonyl (C=O) groups excluding carboxylic acids is 2. The maximum absolute atomic E-state index is 13.6. The molecule has 0 saturated heterocycles. The van der Waals surface area contributed by atoms with E-state index in [-0.39, 0.29) is 0 Å². The first-order chi connectivity index (χ1) is 15.9. The predicted octanol–water partition coefficient (Wildman–Crippen LogP) is 5.97. The van der Waals surface area contributed by atoms with E-state index in [9.17, 15) is 22.8 Å². The Morgan fingerprint density at radius 2 is 1.47 bits per heavy atom. The zero-order valence-corrected chi connectivity index (χ0v) is 18.8. The van der Waals surface area contributed by atoms with Crippen LogP contribution in [0.5, 0.6) is 0 Å². The van der Waals surface area contributed by atoms with Crippen LogP contribution >= 0.6 is 0 Å². The molecular weight excluding hydrogens is 447 g/mol. The van der Waals surface area contributed by atoms with Crippen LogP contribution in [-0.2, 0) is 15.7 Å². The molecule has 9 heteroatoms. The Balaban J connectivity index is 1.89. The third-order valence-corrected chi connectivity index (χ3v) is 4.67. The molecule has 0 fully saturated rings. The highest BCUT2D eigenvalue weighted by Crippen LogP contribution is 2.35. The number of alkyl carbamates (subject to hydrolysis) is 1. The lowest BCUT2D eigenvalue weighted by atomic mass is 9.99. The van der Waals surface area contributed by atoms with Crippen molar-refractivity contribution in [1.29, 1.82) is 0 Å². The number of anilines is 1. The zero-order valence-electron chi connectivity index (χ0n) is 18.8. The smallest absolute Gasteiger partial charge is 0.416 e. The summed E-state index contributed by atoms with van der Waals surface area (Å²) in [6, 6.07) is 13.3. The van der Waals surface area contributed by atoms with Gasteiger partial charge < -0.3 is 15.4 Å². The van der Waals surface area contributed by atoms with Crippen LogP contribution in [0, 0.1) is 0 Å². The van der Waals surface area contributed by atoms with Crippen molar-refractivity contribution in [2.75, 3.05) is 5.32 Å². The SMILES string of the molecule is CC(C)(C)OC(=O)N[C@H](C(=O)Nc1ccc(-c2ccncc2)cc1)c1ccccc1C(F)(F)F. The van der Waals surface area contributed by atoms with E-state index < -0.39 is 40.9 Å². The third-order valence-electron chi connectivity index (χ3n) is 4.67. The molecule has 178 valence electrons. The molecule has 0 saturated carbocycles. The van der Waals surface area contributed by atoms with Gasteiger partial charge >= 0.3 is 12.3 Å². The number of benzene rings is 2. The van der Waals surface area contributed by atoms with Crippen LogP contribution in [0.4, 0.5) is 23.7 Å². The fraction of sp³-hybridized carbons (Fsp3) is 0.240. The number of nitrogens with one attached hydrogen (secondary N) is 2. The molecule has 0 aliphatic carbocycles. The Hall–Kier alpha value is -3.88. The second-order valence-corrected chi connectivity index (χ2v) is 8.47. The highest BCUT2D eigenvalue weighted by Gasteiger charge is 2.38. The highest BCUT2D eigenvalue weighted by atomic mass is 19.4. The van der Waals surface area contributed by atoms with Crippen LogP contribution in [-0.4, -0.2) is 22.6 Å². The lowest BCUT2D eigenvalue weighted by molar-refractivity contribution is -0.138. The summed E-state index contributed by atoms with van der Waals surface area (Å²) in [6.45, 7) is 4.82. The van der Waals surface area contributed by atoms with Gasteiger partial charge in [0.2, 0.25) is 0 Å². The number of ether oxygens (including phenoxy) is 1. The number of rotatable bonds is 5. The molecule has 3 aromatic rings. The van der Waals surface area contributed by atoms with Crippen molar-refractivity contribution in [1.82, 2.24) is 10.3 Å². The fourth-order valence-corrected chi connectivity index (χ4v) is 3.22. The molecule has 2 aromatic carbocycles. The van der Waals surface area contributed by atoms with E-state index in [1.165, 1.54) is 12.1 Å². The van der Waals surface area contributed by atoms with Crippen molar-refractivity contribution in [3.05, 3.63) is 84.2 Å². The van der Waals surface area contributed by atoms with Crippen molar-refractivity contribution < 1.29 is 27.5 Å². The van der Waals surface area contributed by atoms with E-state index in [0.29, 0.717) is 5.69 Å². The summed E-state index contributed by atoms with van der Waals surface area (Å²) in [4.78, 5) is 29.4. The Labute approximate surface area is 195 Å². The molecule has 0 radical (unpaired) electrons. The largest absolute Gasteiger partial charge is 0.444 e. The molecule has 3 rings (SSSR count). The van der Waals surface area contributed by atoms with Crippen molar-refractivity contribution in [2.24, 2.45) is 0 Å². The second-order valence-electron chi connectivity index (χ2n) is 8.47. The minimum absolute atomic E-state index is 0.350. The van der Waals surface area contributed by atoms with E-state index >= 15 is 0 Å². The van der Waals surface area contributed by atoms with Crippen molar-refractivity contribution in [3.63, 3.8) is 0 Å².